The fourth-order valence-electron chi connectivity index (χ4n) is 1.17. The van der Waals surface area contributed by atoms with Crippen molar-refractivity contribution in [1.82, 2.24) is 5.32 Å². The number of anilines is 1. The van der Waals surface area contributed by atoms with Crippen LogP contribution in [-0.2, 0) is 4.79 Å². The van der Waals surface area contributed by atoms with E-state index in [2.05, 4.69) is 5.32 Å². The Kier molecular flexibility index (Phi) is 3.97. The minimum absolute atomic E-state index is 0.00148. The monoisotopic (exact) mass is 208 g/mol. The zero-order valence-electron chi connectivity index (χ0n) is 9.04. The molecule has 0 aliphatic carbocycles. The van der Waals surface area contributed by atoms with E-state index < -0.39 is 0 Å². The number of hydrogen-bond acceptors (Lipinski definition) is 3. The lowest BCUT2D eigenvalue weighted by Crippen LogP contribution is -2.28. The van der Waals surface area contributed by atoms with E-state index in [4.69, 9.17) is 10.5 Å². The van der Waals surface area contributed by atoms with E-state index in [-0.39, 0.29) is 12.5 Å². The Labute approximate surface area is 89.4 Å². The second kappa shape index (κ2) is 5.24. The van der Waals surface area contributed by atoms with Gasteiger partial charge in [0, 0.05) is 6.54 Å². The molecule has 0 fully saturated rings. The molecule has 0 aromatic heterocycles. The average Bonchev–Trinajstić information content (AvgIpc) is 2.21. The largest absolute Gasteiger partial charge is 0.482 e. The van der Waals surface area contributed by atoms with E-state index in [1.807, 2.05) is 26.0 Å². The lowest BCUT2D eigenvalue weighted by Gasteiger charge is -2.09. The standard InChI is InChI=1S/C11H16N2O2/c1-3-13-10(14)7-15-9-6-4-5-8(2)11(9)12/h4-6H,3,7,12H2,1-2H3,(H,13,14). The number of benzene rings is 1. The number of nitrogens with one attached hydrogen (secondary N) is 1. The Morgan fingerprint density at radius 1 is 1.53 bits per heavy atom. The molecule has 3 N–H and O–H groups in total. The molecule has 0 unspecified atom stereocenters. The summed E-state index contributed by atoms with van der Waals surface area (Å²) in [4.78, 5) is 11.1. The normalized spacial score (nSPS) is 9.73. The first kappa shape index (κ1) is 11.4. The van der Waals surface area contributed by atoms with Crippen LogP contribution >= 0.6 is 0 Å². The van der Waals surface area contributed by atoms with Gasteiger partial charge in [0.05, 0.1) is 5.69 Å². The highest BCUT2D eigenvalue weighted by molar-refractivity contribution is 5.77. The highest BCUT2D eigenvalue weighted by Gasteiger charge is 2.05. The molecule has 0 saturated carbocycles. The maximum absolute atomic E-state index is 11.1. The first-order valence-electron chi connectivity index (χ1n) is 4.89. The minimum Gasteiger partial charge on any atom is -0.482 e. The van der Waals surface area contributed by atoms with Crippen LogP contribution in [0, 0.1) is 6.92 Å². The molecular formula is C11H16N2O2. The molecule has 0 saturated heterocycles. The van der Waals surface area contributed by atoms with Crippen LogP contribution < -0.4 is 15.8 Å². The maximum atomic E-state index is 11.1. The van der Waals surface area contributed by atoms with Crippen molar-refractivity contribution in [2.24, 2.45) is 0 Å². The number of ether oxygens (including phenoxy) is 1. The predicted molar refractivity (Wildman–Crippen MR) is 59.8 cm³/mol. The van der Waals surface area contributed by atoms with Gasteiger partial charge in [0.1, 0.15) is 5.75 Å². The van der Waals surface area contributed by atoms with Gasteiger partial charge in [0.2, 0.25) is 0 Å². The van der Waals surface area contributed by atoms with Gasteiger partial charge in [-0.15, -0.1) is 0 Å². The fourth-order valence-corrected chi connectivity index (χ4v) is 1.17. The summed E-state index contributed by atoms with van der Waals surface area (Å²) < 4.78 is 5.29. The number of nitrogen functional groups attached to an aromatic ring is 1. The van der Waals surface area contributed by atoms with Crippen molar-refractivity contribution in [2.45, 2.75) is 13.8 Å². The van der Waals surface area contributed by atoms with E-state index in [0.717, 1.165) is 5.56 Å². The molecule has 0 spiro atoms. The van der Waals surface area contributed by atoms with Crippen molar-refractivity contribution < 1.29 is 9.53 Å². The molecule has 4 heteroatoms. The van der Waals surface area contributed by atoms with Crippen molar-refractivity contribution in [3.05, 3.63) is 23.8 Å². The Morgan fingerprint density at radius 3 is 2.93 bits per heavy atom. The van der Waals surface area contributed by atoms with Gasteiger partial charge >= 0.3 is 0 Å². The van der Waals surface area contributed by atoms with E-state index in [0.29, 0.717) is 18.0 Å². The van der Waals surface area contributed by atoms with Crippen molar-refractivity contribution in [2.75, 3.05) is 18.9 Å². The SMILES string of the molecule is CCNC(=O)COc1cccc(C)c1N. The molecule has 0 bridgehead atoms. The molecule has 15 heavy (non-hydrogen) atoms. The Balaban J connectivity index is 2.58. The first-order chi connectivity index (χ1) is 7.15. The van der Waals surface area contributed by atoms with E-state index in [9.17, 15) is 4.79 Å². The highest BCUT2D eigenvalue weighted by Crippen LogP contribution is 2.23. The second-order valence-electron chi connectivity index (χ2n) is 3.23. The van der Waals surface area contributed by atoms with Crippen LogP contribution in [0.3, 0.4) is 0 Å². The van der Waals surface area contributed by atoms with E-state index >= 15 is 0 Å². The molecular weight excluding hydrogens is 192 g/mol. The summed E-state index contributed by atoms with van der Waals surface area (Å²) in [7, 11) is 0. The number of aryl methyl sites for hydroxylation is 1. The highest BCUT2D eigenvalue weighted by atomic mass is 16.5. The third-order valence-electron chi connectivity index (χ3n) is 2.02. The molecule has 1 amide bonds. The van der Waals surface area contributed by atoms with Gasteiger partial charge in [0.25, 0.3) is 5.91 Å². The van der Waals surface area contributed by atoms with Gasteiger partial charge in [-0.05, 0) is 25.5 Å². The molecule has 0 heterocycles. The van der Waals surface area contributed by atoms with Crippen molar-refractivity contribution in [3.63, 3.8) is 0 Å². The van der Waals surface area contributed by atoms with E-state index in [1.54, 1.807) is 6.07 Å². The number of nitrogens with two attached hydrogens (primary N) is 1. The Bertz CT molecular complexity index is 350. The molecule has 0 radical (unpaired) electrons. The molecule has 1 aromatic carbocycles. The van der Waals surface area contributed by atoms with Crippen LogP contribution in [-0.4, -0.2) is 19.1 Å². The molecule has 1 aromatic rings. The summed E-state index contributed by atoms with van der Waals surface area (Å²) in [5, 5.41) is 2.65. The zero-order valence-corrected chi connectivity index (χ0v) is 9.04. The Hall–Kier alpha value is -1.71. The van der Waals surface area contributed by atoms with Gasteiger partial charge in [0.15, 0.2) is 6.61 Å². The van der Waals surface area contributed by atoms with Crippen LogP contribution in [0.5, 0.6) is 5.75 Å². The Morgan fingerprint density at radius 2 is 2.27 bits per heavy atom. The van der Waals surface area contributed by atoms with Crippen LogP contribution in [0.4, 0.5) is 5.69 Å². The van der Waals surface area contributed by atoms with Gasteiger partial charge in [-0.3, -0.25) is 4.79 Å². The van der Waals surface area contributed by atoms with Gasteiger partial charge in [-0.1, -0.05) is 12.1 Å². The summed E-state index contributed by atoms with van der Waals surface area (Å²) in [6, 6.07) is 5.49. The average molecular weight is 208 g/mol. The first-order valence-corrected chi connectivity index (χ1v) is 4.89. The molecule has 1 rings (SSSR count). The lowest BCUT2D eigenvalue weighted by molar-refractivity contribution is -0.122. The molecule has 82 valence electrons. The number of carbonyl (C=O) groups is 1. The second-order valence-corrected chi connectivity index (χ2v) is 3.23. The third-order valence-corrected chi connectivity index (χ3v) is 2.02. The minimum atomic E-state index is -0.140. The molecule has 4 nitrogen and oxygen atoms in total. The summed E-state index contributed by atoms with van der Waals surface area (Å²) >= 11 is 0. The zero-order chi connectivity index (χ0) is 11.3. The topological polar surface area (TPSA) is 64.3 Å². The maximum Gasteiger partial charge on any atom is 0.257 e. The molecule has 0 atom stereocenters. The van der Waals surface area contributed by atoms with Crippen molar-refractivity contribution in [3.8, 4) is 5.75 Å². The molecule has 0 aliphatic heterocycles. The van der Waals surface area contributed by atoms with Crippen LogP contribution in [0.25, 0.3) is 0 Å². The summed E-state index contributed by atoms with van der Waals surface area (Å²) in [5.41, 5.74) is 7.32. The van der Waals surface area contributed by atoms with Crippen molar-refractivity contribution >= 4 is 11.6 Å². The third kappa shape index (κ3) is 3.16. The van der Waals surface area contributed by atoms with Crippen LogP contribution in [0.2, 0.25) is 0 Å². The quantitative estimate of drug-likeness (QED) is 0.728. The van der Waals surface area contributed by atoms with Crippen LogP contribution in [0.1, 0.15) is 12.5 Å². The lowest BCUT2D eigenvalue weighted by atomic mass is 10.2. The number of amides is 1. The predicted octanol–water partition coefficient (Wildman–Crippen LogP) is 1.09. The van der Waals surface area contributed by atoms with Gasteiger partial charge in [-0.2, -0.15) is 0 Å². The summed E-state index contributed by atoms with van der Waals surface area (Å²) in [5.74, 6) is 0.416. The smallest absolute Gasteiger partial charge is 0.257 e. The molecule has 0 aliphatic rings. The van der Waals surface area contributed by atoms with E-state index in [1.165, 1.54) is 0 Å². The van der Waals surface area contributed by atoms with Crippen LogP contribution in [0.15, 0.2) is 18.2 Å². The summed E-state index contributed by atoms with van der Waals surface area (Å²) in [6.45, 7) is 4.36. The number of carbonyl (C=O) groups excluding carboxylic acids is 1. The summed E-state index contributed by atoms with van der Waals surface area (Å²) in [6.07, 6.45) is 0. The number of hydrogen-bond donors (Lipinski definition) is 2. The van der Waals surface area contributed by atoms with Crippen molar-refractivity contribution in [1.29, 1.82) is 0 Å². The van der Waals surface area contributed by atoms with Gasteiger partial charge in [-0.25, -0.2) is 0 Å². The van der Waals surface area contributed by atoms with Gasteiger partial charge < -0.3 is 15.8 Å². The number of rotatable bonds is 4. The fraction of sp³-hybridized carbons (Fsp3) is 0.364. The number of likely N-dealkylation sites (N-methyl/N-ethyl adjacent to an activating group) is 1. The number of para-hydroxylation sites is 1.